The zero-order valence-corrected chi connectivity index (χ0v) is 19.4. The fourth-order valence-electron chi connectivity index (χ4n) is 3.53. The second kappa shape index (κ2) is 9.02. The van der Waals surface area contributed by atoms with Crippen LogP contribution >= 0.6 is 11.8 Å². The number of sulfonamides is 1. The molecule has 0 unspecified atom stereocenters. The Morgan fingerprint density at radius 2 is 1.84 bits per heavy atom. The molecule has 166 valence electrons. The summed E-state index contributed by atoms with van der Waals surface area (Å²) in [5.74, 6) is -0.322. The molecule has 3 rings (SSSR count). The van der Waals surface area contributed by atoms with Crippen LogP contribution in [0.15, 0.2) is 58.3 Å². The molecule has 2 aromatic carbocycles. The molecule has 1 heterocycles. The Kier molecular flexibility index (Phi) is 6.78. The molecule has 2 aromatic rings. The number of nitrogens with two attached hydrogens (primary N) is 1. The van der Waals surface area contributed by atoms with Gasteiger partial charge in [0.25, 0.3) is 0 Å². The summed E-state index contributed by atoms with van der Waals surface area (Å²) in [7, 11) is -3.73. The fourth-order valence-corrected chi connectivity index (χ4v) is 5.25. The van der Waals surface area contributed by atoms with Gasteiger partial charge in [-0.2, -0.15) is 0 Å². The van der Waals surface area contributed by atoms with Crippen molar-refractivity contribution in [3.63, 3.8) is 0 Å². The van der Waals surface area contributed by atoms with E-state index in [1.807, 2.05) is 38.1 Å². The lowest BCUT2D eigenvalue weighted by Crippen LogP contribution is -2.49. The van der Waals surface area contributed by atoms with E-state index in [-0.39, 0.29) is 21.5 Å². The summed E-state index contributed by atoms with van der Waals surface area (Å²) >= 11 is 1.64. The third kappa shape index (κ3) is 5.66. The first kappa shape index (κ1) is 23.3. The number of hydrogen-bond acceptors (Lipinski definition) is 5. The molecule has 31 heavy (non-hydrogen) atoms. The van der Waals surface area contributed by atoms with Crippen LogP contribution in [-0.4, -0.2) is 37.6 Å². The van der Waals surface area contributed by atoms with Crippen LogP contribution in [0.2, 0.25) is 0 Å². The van der Waals surface area contributed by atoms with Crippen molar-refractivity contribution in [2.75, 3.05) is 11.4 Å². The van der Waals surface area contributed by atoms with Crippen LogP contribution in [0.25, 0.3) is 0 Å². The van der Waals surface area contributed by atoms with E-state index in [4.69, 9.17) is 5.14 Å². The van der Waals surface area contributed by atoms with Crippen molar-refractivity contribution in [3.8, 4) is 0 Å². The number of primary sulfonamides is 1. The molecule has 0 aliphatic carbocycles. The Bertz CT molecular complexity index is 1080. The Hall–Kier alpha value is -2.36. The van der Waals surface area contributed by atoms with E-state index in [9.17, 15) is 18.0 Å². The number of carbonyl (C=O) groups is 2. The minimum absolute atomic E-state index is 0.0491. The maximum Gasteiger partial charge on any atom is 0.242 e. The molecular formula is C22H27N3O4S2. The first-order valence-electron chi connectivity index (χ1n) is 9.97. The van der Waals surface area contributed by atoms with Gasteiger partial charge in [-0.25, -0.2) is 13.6 Å². The predicted molar refractivity (Wildman–Crippen MR) is 122 cm³/mol. The molecule has 0 saturated heterocycles. The molecular weight excluding hydrogens is 434 g/mol. The Morgan fingerprint density at radius 3 is 2.48 bits per heavy atom. The average Bonchev–Trinajstić information content (AvgIpc) is 2.78. The highest BCUT2D eigenvalue weighted by molar-refractivity contribution is 8.00. The van der Waals surface area contributed by atoms with E-state index >= 15 is 0 Å². The number of para-hydroxylation sites is 1. The van der Waals surface area contributed by atoms with Gasteiger partial charge in [0.1, 0.15) is 6.04 Å². The standard InChI is InChI=1S/C22H27N3O4S2/c1-15(21(27)24-13-12-16-8-10-17(11-9-16)31(23,28)29)25-18-6-4-5-7-19(18)30-22(2,3)14-20(25)26/h4-11,15H,12-14H2,1-3H3,(H,24,27)(H2,23,28,29)/t15-/m0/s1. The van der Waals surface area contributed by atoms with Crippen molar-refractivity contribution < 1.29 is 18.0 Å². The van der Waals surface area contributed by atoms with E-state index < -0.39 is 16.1 Å². The molecule has 0 bridgehead atoms. The molecule has 0 radical (unpaired) electrons. The lowest BCUT2D eigenvalue weighted by Gasteiger charge is -2.28. The van der Waals surface area contributed by atoms with E-state index in [0.717, 1.165) is 16.1 Å². The highest BCUT2D eigenvalue weighted by Crippen LogP contribution is 2.44. The van der Waals surface area contributed by atoms with Crippen LogP contribution in [0.5, 0.6) is 0 Å². The maximum absolute atomic E-state index is 13.0. The molecule has 1 atom stereocenters. The SMILES string of the molecule is C[C@@H](C(=O)NCCc1ccc(S(N)(=O)=O)cc1)N1C(=O)CC(C)(C)Sc2ccccc21. The summed E-state index contributed by atoms with van der Waals surface area (Å²) < 4.78 is 22.4. The van der Waals surface area contributed by atoms with Gasteiger partial charge >= 0.3 is 0 Å². The third-order valence-corrected chi connectivity index (χ3v) is 7.28. The summed E-state index contributed by atoms with van der Waals surface area (Å²) in [5, 5.41) is 7.99. The van der Waals surface area contributed by atoms with E-state index in [1.165, 1.54) is 12.1 Å². The number of amides is 2. The molecule has 9 heteroatoms. The number of rotatable bonds is 6. The van der Waals surface area contributed by atoms with Crippen LogP contribution < -0.4 is 15.4 Å². The van der Waals surface area contributed by atoms with Gasteiger partial charge in [0.05, 0.1) is 10.6 Å². The predicted octanol–water partition coefficient (Wildman–Crippen LogP) is 2.69. The van der Waals surface area contributed by atoms with Crippen LogP contribution in [0.3, 0.4) is 0 Å². The first-order valence-corrected chi connectivity index (χ1v) is 12.3. The van der Waals surface area contributed by atoms with Crippen molar-refractivity contribution in [2.24, 2.45) is 5.14 Å². The van der Waals surface area contributed by atoms with Gasteiger partial charge in [-0.1, -0.05) is 24.3 Å². The van der Waals surface area contributed by atoms with Gasteiger partial charge < -0.3 is 5.32 Å². The molecule has 0 aromatic heterocycles. The second-order valence-electron chi connectivity index (χ2n) is 8.18. The smallest absolute Gasteiger partial charge is 0.242 e. The Balaban J connectivity index is 1.67. The zero-order chi connectivity index (χ0) is 22.8. The molecule has 0 fully saturated rings. The van der Waals surface area contributed by atoms with Gasteiger partial charge in [0.2, 0.25) is 21.8 Å². The van der Waals surface area contributed by atoms with Crippen molar-refractivity contribution in [1.29, 1.82) is 0 Å². The van der Waals surface area contributed by atoms with Gasteiger partial charge in [-0.3, -0.25) is 14.5 Å². The van der Waals surface area contributed by atoms with E-state index in [0.29, 0.717) is 19.4 Å². The normalized spacial score (nSPS) is 16.9. The van der Waals surface area contributed by atoms with E-state index in [2.05, 4.69) is 5.32 Å². The van der Waals surface area contributed by atoms with Crippen LogP contribution in [0.4, 0.5) is 5.69 Å². The summed E-state index contributed by atoms with van der Waals surface area (Å²) in [6, 6.07) is 13.2. The number of anilines is 1. The van der Waals surface area contributed by atoms with Crippen LogP contribution in [0.1, 0.15) is 32.8 Å². The number of carbonyl (C=O) groups excluding carboxylic acids is 2. The van der Waals surface area contributed by atoms with Crippen molar-refractivity contribution in [2.45, 2.75) is 54.2 Å². The minimum atomic E-state index is -3.73. The molecule has 1 aliphatic rings. The topological polar surface area (TPSA) is 110 Å². The number of nitrogens with zero attached hydrogens (tertiary/aromatic N) is 1. The Labute approximate surface area is 187 Å². The Morgan fingerprint density at radius 1 is 1.19 bits per heavy atom. The van der Waals surface area contributed by atoms with Crippen molar-refractivity contribution in [3.05, 3.63) is 54.1 Å². The summed E-state index contributed by atoms with van der Waals surface area (Å²) in [6.45, 7) is 6.15. The highest BCUT2D eigenvalue weighted by atomic mass is 32.2. The number of fused-ring (bicyclic) bond motifs is 1. The lowest BCUT2D eigenvalue weighted by atomic mass is 10.1. The third-order valence-electron chi connectivity index (χ3n) is 5.09. The van der Waals surface area contributed by atoms with Gasteiger partial charge in [-0.15, -0.1) is 11.8 Å². The summed E-state index contributed by atoms with van der Waals surface area (Å²) in [4.78, 5) is 28.5. The largest absolute Gasteiger partial charge is 0.354 e. The van der Waals surface area contributed by atoms with Gasteiger partial charge in [-0.05, 0) is 57.0 Å². The molecule has 0 saturated carbocycles. The number of benzene rings is 2. The quantitative estimate of drug-likeness (QED) is 0.687. The van der Waals surface area contributed by atoms with Crippen molar-refractivity contribution >= 4 is 39.3 Å². The van der Waals surface area contributed by atoms with Crippen molar-refractivity contribution in [1.82, 2.24) is 5.32 Å². The second-order valence-corrected chi connectivity index (χ2v) is 11.5. The molecule has 3 N–H and O–H groups in total. The van der Waals surface area contributed by atoms with E-state index in [1.54, 1.807) is 35.7 Å². The molecule has 7 nitrogen and oxygen atoms in total. The van der Waals surface area contributed by atoms with Gasteiger partial charge in [0, 0.05) is 22.6 Å². The minimum Gasteiger partial charge on any atom is -0.354 e. The maximum atomic E-state index is 13.0. The zero-order valence-electron chi connectivity index (χ0n) is 17.8. The van der Waals surface area contributed by atoms with Gasteiger partial charge in [0.15, 0.2) is 0 Å². The number of thioether (sulfide) groups is 1. The molecule has 2 amide bonds. The number of nitrogens with one attached hydrogen (secondary N) is 1. The first-order chi connectivity index (χ1) is 14.5. The monoisotopic (exact) mass is 461 g/mol. The highest BCUT2D eigenvalue weighted by Gasteiger charge is 2.37. The summed E-state index contributed by atoms with van der Waals surface area (Å²) in [6.07, 6.45) is 0.858. The fraction of sp³-hybridized carbons (Fsp3) is 0.364. The van der Waals surface area contributed by atoms with Crippen LogP contribution in [0, 0.1) is 0 Å². The number of hydrogen-bond donors (Lipinski definition) is 2. The lowest BCUT2D eigenvalue weighted by molar-refractivity contribution is -0.126. The summed E-state index contributed by atoms with van der Waals surface area (Å²) in [5.41, 5.74) is 1.62. The molecule has 0 spiro atoms. The average molecular weight is 462 g/mol. The molecule has 1 aliphatic heterocycles. The van der Waals surface area contributed by atoms with Crippen LogP contribution in [-0.2, 0) is 26.0 Å².